The molecule has 0 radical (unpaired) electrons. The van der Waals surface area contributed by atoms with Crippen molar-refractivity contribution in [1.82, 2.24) is 16.0 Å². The maximum Gasteiger partial charge on any atom is 0.191 e. The number of nitrogens with zero attached hydrogens (tertiary/aromatic N) is 1. The number of halogens is 1. The van der Waals surface area contributed by atoms with Gasteiger partial charge in [0.05, 0.1) is 0 Å². The van der Waals surface area contributed by atoms with Crippen molar-refractivity contribution in [2.75, 3.05) is 20.1 Å². The van der Waals surface area contributed by atoms with Crippen molar-refractivity contribution in [3.63, 3.8) is 0 Å². The summed E-state index contributed by atoms with van der Waals surface area (Å²) in [7, 11) is 1.79. The van der Waals surface area contributed by atoms with Gasteiger partial charge in [0.2, 0.25) is 0 Å². The first-order valence-electron chi connectivity index (χ1n) is 5.88. The number of hydrogen-bond acceptors (Lipinski definition) is 2. The molecule has 0 fully saturated rings. The molecule has 0 spiro atoms. The summed E-state index contributed by atoms with van der Waals surface area (Å²) >= 11 is 0. The summed E-state index contributed by atoms with van der Waals surface area (Å²) < 4.78 is 0. The number of rotatable bonds is 3. The lowest BCUT2D eigenvalue weighted by molar-refractivity contribution is 0.426. The van der Waals surface area contributed by atoms with E-state index in [1.54, 1.807) is 7.05 Å². The Bertz CT molecular complexity index is 226. The smallest absolute Gasteiger partial charge is 0.191 e. The van der Waals surface area contributed by atoms with E-state index < -0.39 is 0 Å². The van der Waals surface area contributed by atoms with Crippen LogP contribution in [0.3, 0.4) is 0 Å². The van der Waals surface area contributed by atoms with Crippen molar-refractivity contribution >= 4 is 29.9 Å². The predicted octanol–water partition coefficient (Wildman–Crippen LogP) is 1.96. The normalized spacial score (nSPS) is 13.0. The van der Waals surface area contributed by atoms with Crippen LogP contribution in [-0.4, -0.2) is 37.2 Å². The first-order chi connectivity index (χ1) is 7.14. The Labute approximate surface area is 123 Å². The molecule has 3 N–H and O–H groups in total. The minimum absolute atomic E-state index is 0. The van der Waals surface area contributed by atoms with Crippen LogP contribution >= 0.6 is 24.0 Å². The SMILES string of the molecule is CN=C(NCCNC(C)(C)C)NC(C)(C)C.I. The lowest BCUT2D eigenvalue weighted by atomic mass is 10.1. The predicted molar refractivity (Wildman–Crippen MR) is 87.4 cm³/mol. The van der Waals surface area contributed by atoms with E-state index in [9.17, 15) is 0 Å². The van der Waals surface area contributed by atoms with E-state index >= 15 is 0 Å². The van der Waals surface area contributed by atoms with Gasteiger partial charge in [0.25, 0.3) is 0 Å². The van der Waals surface area contributed by atoms with E-state index in [0.29, 0.717) is 0 Å². The van der Waals surface area contributed by atoms with Crippen LogP contribution in [0, 0.1) is 0 Å². The molecule has 0 heterocycles. The molecule has 0 aromatic heterocycles. The molecule has 0 amide bonds. The van der Waals surface area contributed by atoms with E-state index in [2.05, 4.69) is 62.5 Å². The average Bonchev–Trinajstić information content (AvgIpc) is 2.06. The lowest BCUT2D eigenvalue weighted by Gasteiger charge is -2.25. The molecule has 0 aliphatic heterocycles. The Morgan fingerprint density at radius 3 is 1.82 bits per heavy atom. The topological polar surface area (TPSA) is 48.5 Å². The Morgan fingerprint density at radius 2 is 1.47 bits per heavy atom. The minimum Gasteiger partial charge on any atom is -0.355 e. The summed E-state index contributed by atoms with van der Waals surface area (Å²) in [5, 5.41) is 10.0. The summed E-state index contributed by atoms with van der Waals surface area (Å²) in [6.07, 6.45) is 0. The highest BCUT2D eigenvalue weighted by Crippen LogP contribution is 1.98. The molecule has 0 saturated carbocycles. The number of nitrogens with one attached hydrogen (secondary N) is 3. The molecule has 5 heteroatoms. The molecule has 4 nitrogen and oxygen atoms in total. The van der Waals surface area contributed by atoms with E-state index in [1.165, 1.54) is 0 Å². The van der Waals surface area contributed by atoms with Gasteiger partial charge in [-0.1, -0.05) is 0 Å². The fourth-order valence-corrected chi connectivity index (χ4v) is 1.15. The quantitative estimate of drug-likeness (QED) is 0.314. The highest BCUT2D eigenvalue weighted by molar-refractivity contribution is 14.0. The summed E-state index contributed by atoms with van der Waals surface area (Å²) in [5.41, 5.74) is 0.210. The number of hydrogen-bond donors (Lipinski definition) is 3. The summed E-state index contributed by atoms with van der Waals surface area (Å²) in [6, 6.07) is 0. The van der Waals surface area contributed by atoms with Gasteiger partial charge >= 0.3 is 0 Å². The first kappa shape index (κ1) is 19.3. The second-order valence-corrected chi connectivity index (χ2v) is 6.05. The van der Waals surface area contributed by atoms with Crippen molar-refractivity contribution < 1.29 is 0 Å². The maximum absolute atomic E-state index is 4.17. The van der Waals surface area contributed by atoms with Crippen molar-refractivity contribution in [2.24, 2.45) is 4.99 Å². The summed E-state index contributed by atoms with van der Waals surface area (Å²) in [5.74, 6) is 0.850. The minimum atomic E-state index is 0. The van der Waals surface area contributed by atoms with Crippen LogP contribution in [0.2, 0.25) is 0 Å². The van der Waals surface area contributed by atoms with Gasteiger partial charge in [-0.15, -0.1) is 24.0 Å². The molecule has 0 rings (SSSR count). The molecule has 0 saturated heterocycles. The zero-order valence-electron chi connectivity index (χ0n) is 12.3. The zero-order chi connectivity index (χ0) is 12.8. The third kappa shape index (κ3) is 13.9. The maximum atomic E-state index is 4.17. The van der Waals surface area contributed by atoms with Crippen LogP contribution in [-0.2, 0) is 0 Å². The van der Waals surface area contributed by atoms with Crippen molar-refractivity contribution in [1.29, 1.82) is 0 Å². The van der Waals surface area contributed by atoms with Crippen molar-refractivity contribution in [2.45, 2.75) is 52.6 Å². The van der Waals surface area contributed by atoms with Crippen LogP contribution < -0.4 is 16.0 Å². The molecule has 104 valence electrons. The number of aliphatic imine (C=N–C) groups is 1. The average molecular weight is 356 g/mol. The lowest BCUT2D eigenvalue weighted by Crippen LogP contribution is -2.49. The van der Waals surface area contributed by atoms with Crippen molar-refractivity contribution in [3.8, 4) is 0 Å². The van der Waals surface area contributed by atoms with Gasteiger partial charge in [0, 0.05) is 31.2 Å². The van der Waals surface area contributed by atoms with Crippen LogP contribution in [0.5, 0.6) is 0 Å². The summed E-state index contributed by atoms with van der Waals surface area (Å²) in [6.45, 7) is 14.6. The molecular weight excluding hydrogens is 327 g/mol. The largest absolute Gasteiger partial charge is 0.355 e. The van der Waals surface area contributed by atoms with Crippen molar-refractivity contribution in [3.05, 3.63) is 0 Å². The Morgan fingerprint density at radius 1 is 0.941 bits per heavy atom. The van der Waals surface area contributed by atoms with Gasteiger partial charge < -0.3 is 16.0 Å². The fourth-order valence-electron chi connectivity index (χ4n) is 1.15. The van der Waals surface area contributed by atoms with E-state index in [0.717, 1.165) is 19.0 Å². The monoisotopic (exact) mass is 356 g/mol. The third-order valence-electron chi connectivity index (χ3n) is 1.79. The standard InChI is InChI=1S/C12H28N4.HI/c1-11(2,3)15-9-8-14-10(13-7)16-12(4,5)6;/h15H,8-9H2,1-7H3,(H2,13,14,16);1H. The number of guanidine groups is 1. The molecular formula is C12H29IN4. The first-order valence-corrected chi connectivity index (χ1v) is 5.88. The molecule has 0 atom stereocenters. The van der Waals surface area contributed by atoms with Gasteiger partial charge in [-0.05, 0) is 41.5 Å². The molecule has 0 aliphatic carbocycles. The van der Waals surface area contributed by atoms with E-state index in [1.807, 2.05) is 0 Å². The molecule has 0 aromatic rings. The zero-order valence-corrected chi connectivity index (χ0v) is 14.6. The van der Waals surface area contributed by atoms with E-state index in [4.69, 9.17) is 0 Å². The van der Waals surface area contributed by atoms with Crippen LogP contribution in [0.25, 0.3) is 0 Å². The van der Waals surface area contributed by atoms with Gasteiger partial charge in [-0.2, -0.15) is 0 Å². The molecule has 0 aromatic carbocycles. The van der Waals surface area contributed by atoms with Gasteiger partial charge in [-0.25, -0.2) is 0 Å². The molecule has 0 aliphatic rings. The fraction of sp³-hybridized carbons (Fsp3) is 0.917. The van der Waals surface area contributed by atoms with Crippen LogP contribution in [0.1, 0.15) is 41.5 Å². The second-order valence-electron chi connectivity index (χ2n) is 6.05. The highest BCUT2D eigenvalue weighted by atomic mass is 127. The van der Waals surface area contributed by atoms with Crippen LogP contribution in [0.4, 0.5) is 0 Å². The van der Waals surface area contributed by atoms with Gasteiger partial charge in [-0.3, -0.25) is 4.99 Å². The third-order valence-corrected chi connectivity index (χ3v) is 1.79. The van der Waals surface area contributed by atoms with Gasteiger partial charge in [0.15, 0.2) is 5.96 Å². The Kier molecular flexibility index (Phi) is 9.23. The highest BCUT2D eigenvalue weighted by Gasteiger charge is 2.12. The van der Waals surface area contributed by atoms with Gasteiger partial charge in [0.1, 0.15) is 0 Å². The van der Waals surface area contributed by atoms with E-state index in [-0.39, 0.29) is 35.1 Å². The Balaban J connectivity index is 0. The summed E-state index contributed by atoms with van der Waals surface area (Å²) in [4.78, 5) is 4.17. The molecule has 17 heavy (non-hydrogen) atoms. The second kappa shape index (κ2) is 8.13. The Hall–Kier alpha value is -0.0400. The molecule has 0 bridgehead atoms. The van der Waals surface area contributed by atoms with Crippen LogP contribution in [0.15, 0.2) is 4.99 Å². The molecule has 0 unspecified atom stereocenters.